The summed E-state index contributed by atoms with van der Waals surface area (Å²) in [6, 6.07) is 12.4. The zero-order chi connectivity index (χ0) is 13.7. The van der Waals surface area contributed by atoms with Crippen LogP contribution in [0.1, 0.15) is 21.5 Å². The van der Waals surface area contributed by atoms with Gasteiger partial charge in [-0.1, -0.05) is 12.1 Å². The summed E-state index contributed by atoms with van der Waals surface area (Å²) < 4.78 is 0. The minimum Gasteiger partial charge on any atom is -0.478 e. The van der Waals surface area contributed by atoms with Crippen molar-refractivity contribution in [2.75, 3.05) is 0 Å². The van der Waals surface area contributed by atoms with Gasteiger partial charge in [0.15, 0.2) is 0 Å². The lowest BCUT2D eigenvalue weighted by Crippen LogP contribution is -2.00. The highest BCUT2D eigenvalue weighted by Crippen LogP contribution is 2.24. The molecule has 0 aliphatic rings. The Hall–Kier alpha value is -2.32. The fourth-order valence-corrected chi connectivity index (χ4v) is 2.44. The lowest BCUT2D eigenvalue weighted by Gasteiger charge is -2.04. The molecule has 0 atom stereocenters. The normalized spacial score (nSPS) is 9.84. The molecule has 1 aromatic carbocycles. The highest BCUT2D eigenvalue weighted by molar-refractivity contribution is 7.98. The summed E-state index contributed by atoms with van der Waals surface area (Å²) in [5.74, 6) is -0.362. The Labute approximate surface area is 114 Å². The van der Waals surface area contributed by atoms with Crippen LogP contribution in [0, 0.1) is 11.3 Å². The summed E-state index contributed by atoms with van der Waals surface area (Å²) in [6.07, 6.45) is 1.58. The number of hydrogen-bond acceptors (Lipinski definition) is 4. The summed E-state index contributed by atoms with van der Waals surface area (Å²) in [5.41, 5.74) is 1.84. The number of aromatic carboxylic acids is 1. The summed E-state index contributed by atoms with van der Waals surface area (Å²) in [7, 11) is 0. The molecule has 94 valence electrons. The van der Waals surface area contributed by atoms with E-state index in [2.05, 4.69) is 11.1 Å². The van der Waals surface area contributed by atoms with Crippen LogP contribution < -0.4 is 0 Å². The van der Waals surface area contributed by atoms with Gasteiger partial charge in [-0.3, -0.25) is 0 Å². The van der Waals surface area contributed by atoms with E-state index in [1.807, 2.05) is 12.1 Å². The van der Waals surface area contributed by atoms with Gasteiger partial charge in [-0.2, -0.15) is 5.26 Å². The molecule has 19 heavy (non-hydrogen) atoms. The van der Waals surface area contributed by atoms with Crippen molar-refractivity contribution in [2.45, 2.75) is 10.8 Å². The van der Waals surface area contributed by atoms with E-state index in [1.165, 1.54) is 17.8 Å². The number of thioether (sulfide) groups is 1. The van der Waals surface area contributed by atoms with E-state index < -0.39 is 5.97 Å². The first-order valence-electron chi connectivity index (χ1n) is 5.51. The molecule has 0 aliphatic heterocycles. The van der Waals surface area contributed by atoms with Crippen LogP contribution in [0.5, 0.6) is 0 Å². The van der Waals surface area contributed by atoms with E-state index in [4.69, 9.17) is 10.4 Å². The van der Waals surface area contributed by atoms with Gasteiger partial charge in [0.1, 0.15) is 5.03 Å². The molecule has 0 fully saturated rings. The first kappa shape index (κ1) is 13.1. The first-order valence-corrected chi connectivity index (χ1v) is 6.49. The number of hydrogen-bond donors (Lipinski definition) is 1. The second kappa shape index (κ2) is 6.03. The number of nitrogens with zero attached hydrogens (tertiary/aromatic N) is 2. The predicted octanol–water partition coefficient (Wildman–Crippen LogP) is 2.94. The molecule has 0 aliphatic carbocycles. The molecule has 0 unspecified atom stereocenters. The maximum Gasteiger partial charge on any atom is 0.338 e. The van der Waals surface area contributed by atoms with E-state index in [1.54, 1.807) is 24.4 Å². The lowest BCUT2D eigenvalue weighted by atomic mass is 10.2. The second-order valence-corrected chi connectivity index (χ2v) is 4.72. The topological polar surface area (TPSA) is 74.0 Å². The van der Waals surface area contributed by atoms with E-state index in [0.717, 1.165) is 5.56 Å². The fourth-order valence-electron chi connectivity index (χ4n) is 1.50. The molecule has 0 bridgehead atoms. The monoisotopic (exact) mass is 270 g/mol. The van der Waals surface area contributed by atoms with Gasteiger partial charge in [-0.05, 0) is 29.8 Å². The van der Waals surface area contributed by atoms with E-state index in [0.29, 0.717) is 16.3 Å². The summed E-state index contributed by atoms with van der Waals surface area (Å²) >= 11 is 1.37. The Morgan fingerprint density at radius 2 is 2.05 bits per heavy atom. The molecule has 5 heteroatoms. The van der Waals surface area contributed by atoms with Crippen LogP contribution in [-0.4, -0.2) is 16.1 Å². The van der Waals surface area contributed by atoms with Gasteiger partial charge in [-0.15, -0.1) is 11.8 Å². The van der Waals surface area contributed by atoms with Gasteiger partial charge in [0, 0.05) is 11.9 Å². The van der Waals surface area contributed by atoms with Gasteiger partial charge in [0.2, 0.25) is 0 Å². The van der Waals surface area contributed by atoms with Crippen molar-refractivity contribution in [3.63, 3.8) is 0 Å². The Bertz CT molecular complexity index is 633. The maximum atomic E-state index is 11.0. The molecule has 2 rings (SSSR count). The molecule has 0 radical (unpaired) electrons. The van der Waals surface area contributed by atoms with Crippen LogP contribution in [0.3, 0.4) is 0 Å². The molecule has 1 N–H and O–H groups in total. The largest absolute Gasteiger partial charge is 0.478 e. The molecule has 4 nitrogen and oxygen atoms in total. The number of nitriles is 1. The smallest absolute Gasteiger partial charge is 0.338 e. The first-order chi connectivity index (χ1) is 9.20. The summed E-state index contributed by atoms with van der Waals surface area (Å²) in [4.78, 5) is 15.1. The molecule has 0 saturated carbocycles. The molecule has 0 saturated heterocycles. The number of carboxylic acids is 1. The predicted molar refractivity (Wildman–Crippen MR) is 71.9 cm³/mol. The van der Waals surface area contributed by atoms with Crippen molar-refractivity contribution in [1.29, 1.82) is 5.26 Å². The molecule has 1 heterocycles. The maximum absolute atomic E-state index is 11.0. The van der Waals surface area contributed by atoms with Gasteiger partial charge in [0.25, 0.3) is 0 Å². The third-order valence-electron chi connectivity index (χ3n) is 2.46. The van der Waals surface area contributed by atoms with Gasteiger partial charge in [0.05, 0.1) is 17.2 Å². The average molecular weight is 270 g/mol. The third kappa shape index (κ3) is 3.33. The standard InChI is InChI=1S/C14H10N2O2S/c15-8-10-3-5-11(6-4-10)9-19-13-12(14(17)18)2-1-7-16-13/h1-7H,9H2,(H,17,18). The fraction of sp³-hybridized carbons (Fsp3) is 0.0714. The molecule has 1 aromatic heterocycles. The highest BCUT2D eigenvalue weighted by Gasteiger charge is 2.10. The Kier molecular flexibility index (Phi) is 4.16. The molecule has 0 amide bonds. The van der Waals surface area contributed by atoms with Crippen molar-refractivity contribution in [3.8, 4) is 6.07 Å². The third-order valence-corrected chi connectivity index (χ3v) is 3.54. The summed E-state index contributed by atoms with van der Waals surface area (Å²) in [5, 5.41) is 18.2. The molecule has 2 aromatic rings. The van der Waals surface area contributed by atoms with Crippen molar-refractivity contribution in [1.82, 2.24) is 4.98 Å². The van der Waals surface area contributed by atoms with Crippen LogP contribution in [0.4, 0.5) is 0 Å². The van der Waals surface area contributed by atoms with Crippen molar-refractivity contribution in [2.24, 2.45) is 0 Å². The van der Waals surface area contributed by atoms with Crippen LogP contribution in [-0.2, 0) is 5.75 Å². The zero-order valence-electron chi connectivity index (χ0n) is 9.91. The molecular formula is C14H10N2O2S. The minimum atomic E-state index is -0.976. The number of carboxylic acid groups (broad SMARTS) is 1. The van der Waals surface area contributed by atoms with E-state index >= 15 is 0 Å². The number of benzene rings is 1. The average Bonchev–Trinajstić information content (AvgIpc) is 2.46. The summed E-state index contributed by atoms with van der Waals surface area (Å²) in [6.45, 7) is 0. The van der Waals surface area contributed by atoms with Gasteiger partial charge >= 0.3 is 5.97 Å². The lowest BCUT2D eigenvalue weighted by molar-refractivity contribution is 0.0692. The number of rotatable bonds is 4. The Balaban J connectivity index is 2.10. The van der Waals surface area contributed by atoms with Crippen LogP contribution >= 0.6 is 11.8 Å². The Morgan fingerprint density at radius 1 is 1.32 bits per heavy atom. The zero-order valence-corrected chi connectivity index (χ0v) is 10.7. The van der Waals surface area contributed by atoms with Crippen molar-refractivity contribution < 1.29 is 9.90 Å². The minimum absolute atomic E-state index is 0.209. The van der Waals surface area contributed by atoms with Crippen LogP contribution in [0.25, 0.3) is 0 Å². The number of aromatic nitrogens is 1. The van der Waals surface area contributed by atoms with E-state index in [9.17, 15) is 4.79 Å². The van der Waals surface area contributed by atoms with Gasteiger partial charge in [-0.25, -0.2) is 9.78 Å². The quantitative estimate of drug-likeness (QED) is 0.864. The second-order valence-electron chi connectivity index (χ2n) is 3.76. The van der Waals surface area contributed by atoms with Crippen molar-refractivity contribution >= 4 is 17.7 Å². The van der Waals surface area contributed by atoms with Crippen LogP contribution in [0.15, 0.2) is 47.6 Å². The SMILES string of the molecule is N#Cc1ccc(CSc2ncccc2C(=O)O)cc1. The van der Waals surface area contributed by atoms with E-state index in [-0.39, 0.29) is 5.56 Å². The number of pyridine rings is 1. The molecule has 0 spiro atoms. The Morgan fingerprint density at radius 3 is 2.68 bits per heavy atom. The highest BCUT2D eigenvalue weighted by atomic mass is 32.2. The molecular weight excluding hydrogens is 260 g/mol. The van der Waals surface area contributed by atoms with Crippen molar-refractivity contribution in [3.05, 3.63) is 59.3 Å². The van der Waals surface area contributed by atoms with Crippen LogP contribution in [0.2, 0.25) is 0 Å². The number of carbonyl (C=O) groups is 1. The van der Waals surface area contributed by atoms with Gasteiger partial charge < -0.3 is 5.11 Å².